The van der Waals surface area contributed by atoms with E-state index in [2.05, 4.69) is 81.5 Å². The Bertz CT molecular complexity index is 812. The minimum absolute atomic E-state index is 0.0615. The largest absolute Gasteiger partial charge is 0.485 e. The molecule has 2 aromatic rings. The number of benzene rings is 2. The normalized spacial score (nSPS) is 25.2. The maximum atomic E-state index is 6.15. The average molecular weight is 288 g/mol. The number of allylic oxidation sites excluding steroid dienone is 2. The van der Waals surface area contributed by atoms with Gasteiger partial charge in [-0.3, -0.25) is 0 Å². The molecule has 110 valence electrons. The van der Waals surface area contributed by atoms with Gasteiger partial charge in [0.1, 0.15) is 11.9 Å². The summed E-state index contributed by atoms with van der Waals surface area (Å²) in [4.78, 5) is 0. The Morgan fingerprint density at radius 3 is 2.64 bits per heavy atom. The molecule has 0 fully saturated rings. The highest BCUT2D eigenvalue weighted by Gasteiger charge is 2.43. The molecule has 1 aliphatic heterocycles. The van der Waals surface area contributed by atoms with E-state index in [0.29, 0.717) is 0 Å². The van der Waals surface area contributed by atoms with Crippen LogP contribution >= 0.6 is 0 Å². The van der Waals surface area contributed by atoms with E-state index in [4.69, 9.17) is 4.74 Å². The second-order valence-corrected chi connectivity index (χ2v) is 6.65. The standard InChI is InChI=1S/C21H20O/c1-14-5-4-6-16(11-14)17-8-9-19-18(12-17)21(3)13-15(2)7-10-20(21)22-19/h4-13,20H,1-3H3. The van der Waals surface area contributed by atoms with Gasteiger partial charge in [-0.2, -0.15) is 0 Å². The third kappa shape index (κ3) is 1.93. The van der Waals surface area contributed by atoms with E-state index < -0.39 is 0 Å². The molecule has 0 bridgehead atoms. The molecule has 2 aromatic carbocycles. The highest BCUT2D eigenvalue weighted by Crippen LogP contribution is 2.48. The van der Waals surface area contributed by atoms with Crippen molar-refractivity contribution >= 4 is 0 Å². The SMILES string of the molecule is CC1=CC2(C)c3cc(-c4cccc(C)c4)ccc3OC2C=C1. The van der Waals surface area contributed by atoms with E-state index in [9.17, 15) is 0 Å². The predicted molar refractivity (Wildman–Crippen MR) is 91.3 cm³/mol. The number of rotatable bonds is 1. The van der Waals surface area contributed by atoms with Crippen molar-refractivity contribution in [2.24, 2.45) is 0 Å². The quantitative estimate of drug-likeness (QED) is 0.701. The Morgan fingerprint density at radius 2 is 1.82 bits per heavy atom. The smallest absolute Gasteiger partial charge is 0.130 e. The lowest BCUT2D eigenvalue weighted by atomic mass is 9.74. The van der Waals surface area contributed by atoms with E-state index in [1.165, 1.54) is 27.8 Å². The summed E-state index contributed by atoms with van der Waals surface area (Å²) in [5.41, 5.74) is 6.34. The van der Waals surface area contributed by atoms with Crippen LogP contribution in [0.3, 0.4) is 0 Å². The highest BCUT2D eigenvalue weighted by atomic mass is 16.5. The van der Waals surface area contributed by atoms with Crippen LogP contribution in [0.15, 0.2) is 66.3 Å². The van der Waals surface area contributed by atoms with Gasteiger partial charge in [-0.05, 0) is 50.1 Å². The van der Waals surface area contributed by atoms with Crippen molar-refractivity contribution in [1.29, 1.82) is 0 Å². The van der Waals surface area contributed by atoms with Crippen molar-refractivity contribution in [3.05, 3.63) is 77.4 Å². The van der Waals surface area contributed by atoms with Crippen molar-refractivity contribution in [3.8, 4) is 16.9 Å². The Morgan fingerprint density at radius 1 is 1.00 bits per heavy atom. The molecule has 22 heavy (non-hydrogen) atoms. The topological polar surface area (TPSA) is 9.23 Å². The molecule has 1 nitrogen and oxygen atoms in total. The first-order valence-electron chi connectivity index (χ1n) is 7.82. The summed E-state index contributed by atoms with van der Waals surface area (Å²) in [6.07, 6.45) is 6.78. The van der Waals surface area contributed by atoms with Gasteiger partial charge in [0.15, 0.2) is 0 Å². The van der Waals surface area contributed by atoms with E-state index in [1.54, 1.807) is 0 Å². The lowest BCUT2D eigenvalue weighted by molar-refractivity contribution is 0.227. The molecule has 0 radical (unpaired) electrons. The average Bonchev–Trinajstić information content (AvgIpc) is 2.78. The molecule has 1 aliphatic carbocycles. The molecule has 1 heteroatoms. The van der Waals surface area contributed by atoms with Gasteiger partial charge in [-0.25, -0.2) is 0 Å². The maximum Gasteiger partial charge on any atom is 0.130 e. The van der Waals surface area contributed by atoms with Gasteiger partial charge in [0.25, 0.3) is 0 Å². The molecule has 0 N–H and O–H groups in total. The molecular formula is C21H20O. The zero-order valence-corrected chi connectivity index (χ0v) is 13.3. The van der Waals surface area contributed by atoms with Gasteiger partial charge < -0.3 is 4.74 Å². The van der Waals surface area contributed by atoms with Crippen LogP contribution < -0.4 is 4.74 Å². The molecule has 2 unspecified atom stereocenters. The number of aryl methyl sites for hydroxylation is 1. The van der Waals surface area contributed by atoms with E-state index in [1.807, 2.05) is 0 Å². The summed E-state index contributed by atoms with van der Waals surface area (Å²) >= 11 is 0. The van der Waals surface area contributed by atoms with Crippen LogP contribution in [0.5, 0.6) is 5.75 Å². The second-order valence-electron chi connectivity index (χ2n) is 6.65. The number of hydrogen-bond donors (Lipinski definition) is 0. The monoisotopic (exact) mass is 288 g/mol. The van der Waals surface area contributed by atoms with Crippen LogP contribution in [0, 0.1) is 6.92 Å². The fourth-order valence-electron chi connectivity index (χ4n) is 3.63. The first-order valence-corrected chi connectivity index (χ1v) is 7.82. The summed E-state index contributed by atoms with van der Waals surface area (Å²) in [6.45, 7) is 6.56. The molecule has 4 rings (SSSR count). The Kier molecular flexibility index (Phi) is 2.80. The summed E-state index contributed by atoms with van der Waals surface area (Å²) < 4.78 is 6.15. The number of fused-ring (bicyclic) bond motifs is 3. The first-order chi connectivity index (χ1) is 10.6. The third-order valence-electron chi connectivity index (χ3n) is 4.82. The zero-order chi connectivity index (χ0) is 15.3. The molecule has 0 saturated heterocycles. The lowest BCUT2D eigenvalue weighted by Gasteiger charge is -2.28. The molecule has 0 aromatic heterocycles. The van der Waals surface area contributed by atoms with E-state index in [0.717, 1.165) is 5.75 Å². The summed E-state index contributed by atoms with van der Waals surface area (Å²) in [6, 6.07) is 15.2. The molecule has 1 heterocycles. The third-order valence-corrected chi connectivity index (χ3v) is 4.82. The lowest BCUT2D eigenvalue weighted by Crippen LogP contribution is -2.33. The fraction of sp³-hybridized carbons (Fsp3) is 0.238. The molecule has 0 amide bonds. The minimum atomic E-state index is -0.0615. The zero-order valence-electron chi connectivity index (χ0n) is 13.3. The van der Waals surface area contributed by atoms with Crippen molar-refractivity contribution in [1.82, 2.24) is 0 Å². The number of ether oxygens (including phenoxy) is 1. The minimum Gasteiger partial charge on any atom is -0.485 e. The summed E-state index contributed by atoms with van der Waals surface area (Å²) in [7, 11) is 0. The van der Waals surface area contributed by atoms with Crippen molar-refractivity contribution in [2.75, 3.05) is 0 Å². The molecule has 2 aliphatic rings. The van der Waals surface area contributed by atoms with Crippen LogP contribution in [0.1, 0.15) is 25.0 Å². The molecule has 0 saturated carbocycles. The second kappa shape index (κ2) is 4.61. The van der Waals surface area contributed by atoms with Crippen LogP contribution in [0.2, 0.25) is 0 Å². The molecule has 2 atom stereocenters. The van der Waals surface area contributed by atoms with Crippen LogP contribution in [-0.4, -0.2) is 6.10 Å². The van der Waals surface area contributed by atoms with Crippen LogP contribution in [-0.2, 0) is 5.41 Å². The van der Waals surface area contributed by atoms with Crippen LogP contribution in [0.4, 0.5) is 0 Å². The van der Waals surface area contributed by atoms with Gasteiger partial charge in [-0.15, -0.1) is 0 Å². The van der Waals surface area contributed by atoms with Crippen molar-refractivity contribution in [2.45, 2.75) is 32.3 Å². The van der Waals surface area contributed by atoms with Crippen molar-refractivity contribution < 1.29 is 4.74 Å². The molecular weight excluding hydrogens is 268 g/mol. The summed E-state index contributed by atoms with van der Waals surface area (Å²) in [5, 5.41) is 0. The summed E-state index contributed by atoms with van der Waals surface area (Å²) in [5.74, 6) is 1.01. The fourth-order valence-corrected chi connectivity index (χ4v) is 3.63. The van der Waals surface area contributed by atoms with E-state index in [-0.39, 0.29) is 11.5 Å². The maximum absolute atomic E-state index is 6.15. The van der Waals surface area contributed by atoms with Gasteiger partial charge in [0.2, 0.25) is 0 Å². The number of hydrogen-bond acceptors (Lipinski definition) is 1. The predicted octanol–water partition coefficient (Wildman–Crippen LogP) is 5.20. The first kappa shape index (κ1) is 13.4. The van der Waals surface area contributed by atoms with Gasteiger partial charge in [-0.1, -0.05) is 53.6 Å². The van der Waals surface area contributed by atoms with Crippen molar-refractivity contribution in [3.63, 3.8) is 0 Å². The van der Waals surface area contributed by atoms with E-state index >= 15 is 0 Å². The Hall–Kier alpha value is -2.28. The van der Waals surface area contributed by atoms with Gasteiger partial charge in [0, 0.05) is 5.56 Å². The Labute approximate surface area is 131 Å². The van der Waals surface area contributed by atoms with Crippen LogP contribution in [0.25, 0.3) is 11.1 Å². The Balaban J connectivity index is 1.85. The van der Waals surface area contributed by atoms with Gasteiger partial charge >= 0.3 is 0 Å². The molecule has 0 spiro atoms. The van der Waals surface area contributed by atoms with Gasteiger partial charge in [0.05, 0.1) is 5.41 Å². The highest BCUT2D eigenvalue weighted by molar-refractivity contribution is 5.69.